The van der Waals surface area contributed by atoms with Crippen molar-refractivity contribution in [1.82, 2.24) is 9.55 Å². The zero-order valence-corrected chi connectivity index (χ0v) is 33.6. The Hall–Kier alpha value is -4.09. The predicted molar refractivity (Wildman–Crippen MR) is 210 cm³/mol. The van der Waals surface area contributed by atoms with Crippen molar-refractivity contribution < 1.29 is 38.8 Å². The van der Waals surface area contributed by atoms with Crippen LogP contribution in [0.25, 0.3) is 22.3 Å². The lowest BCUT2D eigenvalue weighted by Crippen LogP contribution is -2.58. The van der Waals surface area contributed by atoms with E-state index in [0.29, 0.717) is 48.0 Å². The summed E-state index contributed by atoms with van der Waals surface area (Å²) in [7, 11) is 0. The maximum Gasteiger partial charge on any atom is 0.355 e. The Balaban J connectivity index is 0.848. The van der Waals surface area contributed by atoms with Crippen LogP contribution in [0, 0.1) is 46.3 Å². The second-order valence-electron chi connectivity index (χ2n) is 18.8. The number of carbonyl (C=O) groups excluding carboxylic acids is 3. The average Bonchev–Trinajstić information content (AvgIpc) is 3.75. The van der Waals surface area contributed by atoms with Crippen LogP contribution in [0.5, 0.6) is 0 Å². The van der Waals surface area contributed by atoms with Gasteiger partial charge in [-0.15, -0.1) is 0 Å². The number of fused-ring (bicyclic) bond motifs is 10. The zero-order valence-electron chi connectivity index (χ0n) is 33.6. The summed E-state index contributed by atoms with van der Waals surface area (Å²) in [5, 5.41) is 23.3. The summed E-state index contributed by atoms with van der Waals surface area (Å²) in [4.78, 5) is 58.7. The number of aliphatic hydroxyl groups is 2. The molecule has 11 heteroatoms. The number of esters is 3. The topological polar surface area (TPSA) is 154 Å². The highest BCUT2D eigenvalue weighted by Crippen LogP contribution is 2.68. The number of pyridine rings is 2. The van der Waals surface area contributed by atoms with E-state index in [2.05, 4.69) is 20.8 Å². The van der Waals surface area contributed by atoms with Gasteiger partial charge in [-0.3, -0.25) is 9.59 Å². The van der Waals surface area contributed by atoms with Crippen molar-refractivity contribution in [3.63, 3.8) is 0 Å². The van der Waals surface area contributed by atoms with Gasteiger partial charge in [0.2, 0.25) is 5.60 Å². The molecule has 11 atom stereocenters. The maximum atomic E-state index is 13.9. The van der Waals surface area contributed by atoms with Gasteiger partial charge in [-0.2, -0.15) is 0 Å². The molecule has 57 heavy (non-hydrogen) atoms. The number of rotatable bonds is 8. The van der Waals surface area contributed by atoms with Crippen LogP contribution in [-0.2, 0) is 47.3 Å². The van der Waals surface area contributed by atoms with Gasteiger partial charge in [0.15, 0.2) is 6.61 Å². The number of aromatic nitrogens is 2. The molecule has 2 aliphatic heterocycles. The first-order valence-electron chi connectivity index (χ1n) is 21.4. The predicted octanol–water partition coefficient (Wildman–Crippen LogP) is 6.58. The molecule has 6 aliphatic rings. The van der Waals surface area contributed by atoms with Gasteiger partial charge in [-0.1, -0.05) is 45.9 Å². The van der Waals surface area contributed by atoms with Crippen molar-refractivity contribution in [2.45, 2.75) is 129 Å². The number of benzene rings is 1. The lowest BCUT2D eigenvalue weighted by molar-refractivity contribution is -0.192. The molecule has 2 N–H and O–H groups in total. The number of carbonyl (C=O) groups is 3. The summed E-state index contributed by atoms with van der Waals surface area (Å²) in [6.45, 7) is 7.98. The zero-order chi connectivity index (χ0) is 40.0. The van der Waals surface area contributed by atoms with Crippen molar-refractivity contribution in [2.24, 2.45) is 46.3 Å². The van der Waals surface area contributed by atoms with E-state index >= 15 is 0 Å². The van der Waals surface area contributed by atoms with Crippen molar-refractivity contribution in [3.8, 4) is 11.4 Å². The Bertz CT molecular complexity index is 2200. The fraction of sp³-hybridized carbons (Fsp3) is 0.630. The second kappa shape index (κ2) is 14.0. The van der Waals surface area contributed by atoms with Crippen molar-refractivity contribution in [2.75, 3.05) is 6.61 Å². The van der Waals surface area contributed by atoms with Crippen molar-refractivity contribution >= 4 is 28.8 Å². The molecule has 0 unspecified atom stereocenters. The highest BCUT2D eigenvalue weighted by Gasteiger charge is 2.63. The first-order valence-corrected chi connectivity index (χ1v) is 21.4. The SMILES string of the molecule is CC[C@@]1(OC(=O)COC(=O)CC[C@@H](C)[C@H]2CC[C@H]3[C@@H]4CC[C@@H]5C[C@H](O)CC[C@]5(C)[C@H]4C[C@H](O)[C@]23C)C(=O)OCc2c1cc1n(c2=O)Cc2cc3ccccc3nc2-1. The summed E-state index contributed by atoms with van der Waals surface area (Å²) in [5.74, 6) is 0.243. The third-order valence-electron chi connectivity index (χ3n) is 16.3. The molecule has 4 saturated carbocycles. The van der Waals surface area contributed by atoms with E-state index < -0.39 is 36.2 Å². The highest BCUT2D eigenvalue weighted by atomic mass is 16.6. The van der Waals surface area contributed by atoms with Crippen LogP contribution in [0.1, 0.15) is 115 Å². The van der Waals surface area contributed by atoms with Crippen LogP contribution in [-0.4, -0.2) is 56.5 Å². The van der Waals surface area contributed by atoms with Gasteiger partial charge in [0, 0.05) is 22.9 Å². The molecule has 0 radical (unpaired) electrons. The largest absolute Gasteiger partial charge is 0.457 e. The van der Waals surface area contributed by atoms with E-state index in [1.807, 2.05) is 30.3 Å². The third kappa shape index (κ3) is 5.91. The van der Waals surface area contributed by atoms with Gasteiger partial charge < -0.3 is 29.0 Å². The minimum absolute atomic E-state index is 0.00842. The quantitative estimate of drug-likeness (QED) is 0.148. The van der Waals surface area contributed by atoms with Crippen LogP contribution in [0.3, 0.4) is 0 Å². The number of hydrogen-bond donors (Lipinski definition) is 2. The maximum absolute atomic E-state index is 13.9. The third-order valence-corrected chi connectivity index (χ3v) is 16.3. The van der Waals surface area contributed by atoms with Gasteiger partial charge in [0.05, 0.1) is 41.2 Å². The molecular weight excluding hydrogens is 725 g/mol. The summed E-state index contributed by atoms with van der Waals surface area (Å²) in [5.41, 5.74) is 1.08. The van der Waals surface area contributed by atoms with Gasteiger partial charge in [-0.05, 0) is 129 Å². The summed E-state index contributed by atoms with van der Waals surface area (Å²) in [6, 6.07) is 11.4. The minimum Gasteiger partial charge on any atom is -0.457 e. The number of nitrogens with zero attached hydrogens (tertiary/aromatic N) is 2. The smallest absolute Gasteiger partial charge is 0.355 e. The van der Waals surface area contributed by atoms with E-state index in [0.717, 1.165) is 61.4 Å². The molecule has 4 heterocycles. The molecule has 4 aliphatic carbocycles. The molecule has 0 amide bonds. The molecule has 2 aromatic heterocycles. The molecule has 0 bridgehead atoms. The Labute approximate surface area is 333 Å². The van der Waals surface area contributed by atoms with E-state index in [-0.39, 0.29) is 64.9 Å². The Kier molecular flexibility index (Phi) is 9.46. The average molecular weight is 781 g/mol. The molecule has 9 rings (SSSR count). The Morgan fingerprint density at radius 3 is 2.63 bits per heavy atom. The molecule has 1 aromatic carbocycles. The van der Waals surface area contributed by atoms with Crippen molar-refractivity contribution in [3.05, 3.63) is 63.4 Å². The summed E-state index contributed by atoms with van der Waals surface area (Å²) >= 11 is 0. The normalized spacial score (nSPS) is 35.5. The highest BCUT2D eigenvalue weighted by molar-refractivity contribution is 5.89. The van der Waals surface area contributed by atoms with Crippen LogP contribution in [0.4, 0.5) is 0 Å². The van der Waals surface area contributed by atoms with E-state index in [9.17, 15) is 29.4 Å². The number of hydrogen-bond acceptors (Lipinski definition) is 10. The first-order chi connectivity index (χ1) is 27.3. The lowest BCUT2D eigenvalue weighted by Gasteiger charge is -2.62. The van der Waals surface area contributed by atoms with Crippen LogP contribution in [0.2, 0.25) is 0 Å². The molecule has 0 saturated heterocycles. The molecule has 4 fully saturated rings. The number of aliphatic hydroxyl groups excluding tert-OH is 2. The monoisotopic (exact) mass is 780 g/mol. The second-order valence-corrected chi connectivity index (χ2v) is 18.8. The molecule has 3 aromatic rings. The fourth-order valence-corrected chi connectivity index (χ4v) is 13.2. The summed E-state index contributed by atoms with van der Waals surface area (Å²) in [6.07, 6.45) is 8.11. The van der Waals surface area contributed by atoms with Crippen LogP contribution < -0.4 is 5.56 Å². The molecule has 304 valence electrons. The number of ether oxygens (including phenoxy) is 3. The molecule has 0 spiro atoms. The van der Waals surface area contributed by atoms with Gasteiger partial charge >= 0.3 is 17.9 Å². The Morgan fingerprint density at radius 1 is 1.02 bits per heavy atom. The van der Waals surface area contributed by atoms with E-state index in [4.69, 9.17) is 19.2 Å². The molecule has 11 nitrogen and oxygen atoms in total. The standard InChI is InChI=1S/C46H56N2O9/c1-5-46(35-20-37-41-27(18-26-8-6-7-9-36(26)47-41)22-48(37)42(53)31(35)23-56-43(46)54)57-40(52)24-55-39(51)15-10-25(2)32-13-14-33-30-12-11-28-19-29(49)16-17-44(28,3)34(30)21-38(50)45(32,33)4/h6-9,18,20,25,28-30,32-34,38,49-50H,5,10-17,19,21-24H2,1-4H3/t25-,28-,29-,30+,32-,33+,34+,38+,44+,45-,46+/m1/s1. The minimum atomic E-state index is -1.89. The van der Waals surface area contributed by atoms with Crippen molar-refractivity contribution in [1.29, 1.82) is 0 Å². The fourth-order valence-electron chi connectivity index (χ4n) is 13.2. The summed E-state index contributed by atoms with van der Waals surface area (Å²) < 4.78 is 18.4. The van der Waals surface area contributed by atoms with Crippen LogP contribution >= 0.6 is 0 Å². The molecular formula is C46H56N2O9. The van der Waals surface area contributed by atoms with Crippen LogP contribution in [0.15, 0.2) is 41.2 Å². The number of cyclic esters (lactones) is 1. The van der Waals surface area contributed by atoms with E-state index in [1.165, 1.54) is 6.42 Å². The van der Waals surface area contributed by atoms with Gasteiger partial charge in [0.1, 0.15) is 6.61 Å². The number of para-hydroxylation sites is 1. The van der Waals surface area contributed by atoms with Gasteiger partial charge in [0.25, 0.3) is 5.56 Å². The first kappa shape index (κ1) is 38.4. The Morgan fingerprint density at radius 2 is 1.82 bits per heavy atom. The van der Waals surface area contributed by atoms with E-state index in [1.54, 1.807) is 17.6 Å². The lowest BCUT2D eigenvalue weighted by atomic mass is 9.43. The van der Waals surface area contributed by atoms with Gasteiger partial charge in [-0.25, -0.2) is 14.6 Å².